The van der Waals surface area contributed by atoms with Crippen molar-refractivity contribution in [2.24, 2.45) is 0 Å². The van der Waals surface area contributed by atoms with Crippen LogP contribution in [0.15, 0.2) is 48.5 Å². The van der Waals surface area contributed by atoms with Crippen molar-refractivity contribution in [2.45, 2.75) is 25.3 Å². The SMILES string of the molecule is CON(C(=O)c1ccc(C(=O)NO)cc1)C1CCc2ccccc2C1. The van der Waals surface area contributed by atoms with E-state index in [-0.39, 0.29) is 17.5 Å². The number of carbonyl (C=O) groups excluding carboxylic acids is 2. The predicted octanol–water partition coefficient (Wildman–Crippen LogP) is 2.37. The van der Waals surface area contributed by atoms with Crippen LogP contribution in [0.4, 0.5) is 0 Å². The van der Waals surface area contributed by atoms with Crippen LogP contribution in [0.25, 0.3) is 0 Å². The molecule has 6 nitrogen and oxygen atoms in total. The molecule has 1 aliphatic carbocycles. The molecule has 6 heteroatoms. The number of rotatable bonds is 4. The van der Waals surface area contributed by atoms with Crippen LogP contribution in [0.1, 0.15) is 38.3 Å². The van der Waals surface area contributed by atoms with Gasteiger partial charge in [0.15, 0.2) is 0 Å². The highest BCUT2D eigenvalue weighted by atomic mass is 16.7. The van der Waals surface area contributed by atoms with Gasteiger partial charge in [-0.1, -0.05) is 24.3 Å². The maximum absolute atomic E-state index is 12.8. The first-order valence-electron chi connectivity index (χ1n) is 8.13. The molecule has 2 N–H and O–H groups in total. The third-order valence-electron chi connectivity index (χ3n) is 4.54. The number of hydrogen-bond acceptors (Lipinski definition) is 4. The second kappa shape index (κ2) is 7.46. The van der Waals surface area contributed by atoms with E-state index in [1.807, 2.05) is 12.1 Å². The van der Waals surface area contributed by atoms with Crippen LogP contribution < -0.4 is 5.48 Å². The molecule has 2 aromatic rings. The molecule has 0 heterocycles. The minimum atomic E-state index is -0.619. The molecule has 0 saturated carbocycles. The van der Waals surface area contributed by atoms with Crippen LogP contribution in [0, 0.1) is 0 Å². The van der Waals surface area contributed by atoms with Crippen LogP contribution in [0.2, 0.25) is 0 Å². The molecule has 1 unspecified atom stereocenters. The third-order valence-corrected chi connectivity index (χ3v) is 4.54. The first-order valence-corrected chi connectivity index (χ1v) is 8.13. The summed E-state index contributed by atoms with van der Waals surface area (Å²) in [6.07, 6.45) is 2.49. The second-order valence-corrected chi connectivity index (χ2v) is 6.00. The molecule has 0 saturated heterocycles. The Hall–Kier alpha value is -2.70. The van der Waals surface area contributed by atoms with Gasteiger partial charge in [0, 0.05) is 11.1 Å². The Morgan fingerprint density at radius 3 is 2.36 bits per heavy atom. The molecule has 0 aliphatic heterocycles. The number of nitrogens with one attached hydrogen (secondary N) is 1. The van der Waals surface area contributed by atoms with Gasteiger partial charge < -0.3 is 0 Å². The van der Waals surface area contributed by atoms with Crippen LogP contribution >= 0.6 is 0 Å². The van der Waals surface area contributed by atoms with E-state index < -0.39 is 5.91 Å². The number of amides is 2. The number of aryl methyl sites for hydroxylation is 1. The number of fused-ring (bicyclic) bond motifs is 1. The maximum atomic E-state index is 12.8. The van der Waals surface area contributed by atoms with Crippen molar-refractivity contribution in [3.63, 3.8) is 0 Å². The van der Waals surface area contributed by atoms with Gasteiger partial charge in [-0.25, -0.2) is 10.5 Å². The average Bonchev–Trinajstić information content (AvgIpc) is 2.68. The molecule has 0 fully saturated rings. The largest absolute Gasteiger partial charge is 0.288 e. The molecular formula is C19H20N2O4. The molecule has 0 bridgehead atoms. The summed E-state index contributed by atoms with van der Waals surface area (Å²) in [6.45, 7) is 0. The quantitative estimate of drug-likeness (QED) is 0.661. The van der Waals surface area contributed by atoms with Gasteiger partial charge in [0.2, 0.25) is 0 Å². The monoisotopic (exact) mass is 340 g/mol. The lowest BCUT2D eigenvalue weighted by Crippen LogP contribution is -2.42. The Labute approximate surface area is 145 Å². The van der Waals surface area contributed by atoms with Crippen molar-refractivity contribution >= 4 is 11.8 Å². The Morgan fingerprint density at radius 1 is 1.08 bits per heavy atom. The van der Waals surface area contributed by atoms with Crippen molar-refractivity contribution < 1.29 is 19.6 Å². The second-order valence-electron chi connectivity index (χ2n) is 6.00. The molecule has 1 aliphatic rings. The number of benzene rings is 2. The van der Waals surface area contributed by atoms with E-state index in [9.17, 15) is 9.59 Å². The predicted molar refractivity (Wildman–Crippen MR) is 91.1 cm³/mol. The number of nitrogens with zero attached hydrogens (tertiary/aromatic N) is 1. The highest BCUT2D eigenvalue weighted by Gasteiger charge is 2.29. The summed E-state index contributed by atoms with van der Waals surface area (Å²) in [5, 5.41) is 10.1. The fraction of sp³-hybridized carbons (Fsp3) is 0.263. The smallest absolute Gasteiger partial charge is 0.277 e. The maximum Gasteiger partial charge on any atom is 0.277 e. The fourth-order valence-electron chi connectivity index (χ4n) is 3.23. The normalized spacial score (nSPS) is 16.0. The van der Waals surface area contributed by atoms with Gasteiger partial charge in [-0.15, -0.1) is 0 Å². The Kier molecular flexibility index (Phi) is 5.11. The minimum Gasteiger partial charge on any atom is -0.288 e. The van der Waals surface area contributed by atoms with E-state index in [1.54, 1.807) is 17.6 Å². The highest BCUT2D eigenvalue weighted by molar-refractivity contribution is 5.97. The van der Waals surface area contributed by atoms with E-state index in [1.165, 1.54) is 35.4 Å². The standard InChI is InChI=1S/C19H20N2O4/c1-25-21(17-11-10-13-4-2-3-5-16(13)12-17)19(23)15-8-6-14(7-9-15)18(22)20-24/h2-9,17,24H,10-12H2,1H3,(H,20,22). The summed E-state index contributed by atoms with van der Waals surface area (Å²) in [5.74, 6) is -0.866. The first-order chi connectivity index (χ1) is 12.1. The zero-order valence-corrected chi connectivity index (χ0v) is 13.9. The van der Waals surface area contributed by atoms with Crippen LogP contribution in [0.5, 0.6) is 0 Å². The molecule has 0 aromatic heterocycles. The molecule has 25 heavy (non-hydrogen) atoms. The Bertz CT molecular complexity index is 773. The minimum absolute atomic E-state index is 0.0344. The summed E-state index contributed by atoms with van der Waals surface area (Å²) < 4.78 is 0. The van der Waals surface area contributed by atoms with Crippen LogP contribution in [-0.4, -0.2) is 35.2 Å². The van der Waals surface area contributed by atoms with Crippen molar-refractivity contribution in [3.8, 4) is 0 Å². The number of hydroxylamine groups is 3. The number of carbonyl (C=O) groups is 2. The van der Waals surface area contributed by atoms with E-state index in [4.69, 9.17) is 10.0 Å². The van der Waals surface area contributed by atoms with Crippen LogP contribution in [-0.2, 0) is 17.7 Å². The zero-order valence-electron chi connectivity index (χ0n) is 13.9. The lowest BCUT2D eigenvalue weighted by molar-refractivity contribution is -0.125. The zero-order chi connectivity index (χ0) is 17.8. The van der Waals surface area contributed by atoms with Gasteiger partial charge >= 0.3 is 0 Å². The summed E-state index contributed by atoms with van der Waals surface area (Å²) in [4.78, 5) is 29.5. The van der Waals surface area contributed by atoms with Crippen molar-refractivity contribution in [3.05, 3.63) is 70.8 Å². The molecule has 2 aromatic carbocycles. The molecule has 1 atom stereocenters. The van der Waals surface area contributed by atoms with E-state index >= 15 is 0 Å². The molecule has 2 amide bonds. The van der Waals surface area contributed by atoms with Gasteiger partial charge in [0.25, 0.3) is 11.8 Å². The molecular weight excluding hydrogens is 320 g/mol. The first kappa shape index (κ1) is 17.1. The summed E-state index contributed by atoms with van der Waals surface area (Å²) in [6, 6.07) is 14.3. The molecule has 130 valence electrons. The van der Waals surface area contributed by atoms with Gasteiger partial charge in [-0.3, -0.25) is 19.6 Å². The third kappa shape index (κ3) is 3.55. The van der Waals surface area contributed by atoms with Gasteiger partial charge in [0.1, 0.15) is 0 Å². The van der Waals surface area contributed by atoms with E-state index in [2.05, 4.69) is 12.1 Å². The van der Waals surface area contributed by atoms with Gasteiger partial charge in [0.05, 0.1) is 13.2 Å². The van der Waals surface area contributed by atoms with Crippen molar-refractivity contribution in [1.82, 2.24) is 10.5 Å². The van der Waals surface area contributed by atoms with E-state index in [0.29, 0.717) is 5.56 Å². The lowest BCUT2D eigenvalue weighted by atomic mass is 9.88. The summed E-state index contributed by atoms with van der Waals surface area (Å²) >= 11 is 0. The highest BCUT2D eigenvalue weighted by Crippen LogP contribution is 2.25. The lowest BCUT2D eigenvalue weighted by Gasteiger charge is -2.33. The molecule has 0 spiro atoms. The summed E-state index contributed by atoms with van der Waals surface area (Å²) in [5.41, 5.74) is 4.83. The van der Waals surface area contributed by atoms with Gasteiger partial charge in [-0.2, -0.15) is 0 Å². The van der Waals surface area contributed by atoms with Crippen molar-refractivity contribution in [1.29, 1.82) is 0 Å². The topological polar surface area (TPSA) is 78.9 Å². The fourth-order valence-corrected chi connectivity index (χ4v) is 3.23. The van der Waals surface area contributed by atoms with Crippen LogP contribution in [0.3, 0.4) is 0 Å². The Balaban J connectivity index is 1.77. The average molecular weight is 340 g/mol. The number of hydrogen-bond donors (Lipinski definition) is 2. The molecule has 0 radical (unpaired) electrons. The van der Waals surface area contributed by atoms with E-state index in [0.717, 1.165) is 19.3 Å². The van der Waals surface area contributed by atoms with Crippen molar-refractivity contribution in [2.75, 3.05) is 7.11 Å². The van der Waals surface area contributed by atoms with Gasteiger partial charge in [-0.05, 0) is 54.7 Å². The summed E-state index contributed by atoms with van der Waals surface area (Å²) in [7, 11) is 1.49. The molecule has 3 rings (SSSR count). The Morgan fingerprint density at radius 2 is 1.72 bits per heavy atom.